The van der Waals surface area contributed by atoms with Crippen molar-refractivity contribution in [3.8, 4) is 11.5 Å². The number of hydrazone groups is 1. The molecule has 0 spiro atoms. The summed E-state index contributed by atoms with van der Waals surface area (Å²) in [5, 5.41) is 4.15. The van der Waals surface area contributed by atoms with Crippen molar-refractivity contribution in [1.29, 1.82) is 0 Å². The summed E-state index contributed by atoms with van der Waals surface area (Å²) in [7, 11) is 1.58. The Balaban J connectivity index is 1.98. The molecule has 0 radical (unpaired) electrons. The van der Waals surface area contributed by atoms with Gasteiger partial charge in [0.25, 0.3) is 5.91 Å². The first-order chi connectivity index (χ1) is 11.6. The number of nitrogens with zero attached hydrogens (tertiary/aromatic N) is 1. The Kier molecular flexibility index (Phi) is 6.37. The fourth-order valence-corrected chi connectivity index (χ4v) is 2.02. The molecule has 0 saturated carbocycles. The highest BCUT2D eigenvalue weighted by Gasteiger charge is 2.05. The summed E-state index contributed by atoms with van der Waals surface area (Å²) >= 11 is 0. The third-order valence-corrected chi connectivity index (χ3v) is 3.42. The molecule has 0 aliphatic rings. The predicted octanol–water partition coefficient (Wildman–Crippen LogP) is 3.64. The average Bonchev–Trinajstić information content (AvgIpc) is 2.64. The zero-order valence-electron chi connectivity index (χ0n) is 14.2. The number of nitrogens with one attached hydrogen (secondary N) is 1. The van der Waals surface area contributed by atoms with Gasteiger partial charge in [-0.25, -0.2) is 5.43 Å². The van der Waals surface area contributed by atoms with E-state index < -0.39 is 0 Å². The molecule has 0 aliphatic carbocycles. The SMILES string of the molecule is CCCOc1ccc(/C(C)=N\NC(=O)c2ccc(OC)cc2)cc1. The molecular weight excluding hydrogens is 304 g/mol. The van der Waals surface area contributed by atoms with E-state index in [2.05, 4.69) is 17.5 Å². The van der Waals surface area contributed by atoms with Crippen molar-refractivity contribution >= 4 is 11.6 Å². The number of rotatable bonds is 7. The van der Waals surface area contributed by atoms with Gasteiger partial charge in [-0.2, -0.15) is 5.10 Å². The normalized spacial score (nSPS) is 11.0. The van der Waals surface area contributed by atoms with Crippen molar-refractivity contribution in [2.45, 2.75) is 20.3 Å². The van der Waals surface area contributed by atoms with E-state index in [-0.39, 0.29) is 5.91 Å². The van der Waals surface area contributed by atoms with E-state index >= 15 is 0 Å². The Hall–Kier alpha value is -2.82. The summed E-state index contributed by atoms with van der Waals surface area (Å²) < 4.78 is 10.6. The summed E-state index contributed by atoms with van der Waals surface area (Å²) in [5.74, 6) is 1.27. The lowest BCUT2D eigenvalue weighted by molar-refractivity contribution is 0.0955. The average molecular weight is 326 g/mol. The quantitative estimate of drug-likeness (QED) is 0.624. The molecule has 2 aromatic rings. The highest BCUT2D eigenvalue weighted by molar-refractivity contribution is 6.00. The Morgan fingerprint density at radius 2 is 1.58 bits per heavy atom. The van der Waals surface area contributed by atoms with E-state index in [9.17, 15) is 4.79 Å². The second-order valence-electron chi connectivity index (χ2n) is 5.24. The lowest BCUT2D eigenvalue weighted by Crippen LogP contribution is -2.19. The van der Waals surface area contributed by atoms with Crippen molar-refractivity contribution in [1.82, 2.24) is 5.43 Å². The largest absolute Gasteiger partial charge is 0.497 e. The van der Waals surface area contributed by atoms with Gasteiger partial charge in [-0.15, -0.1) is 0 Å². The van der Waals surface area contributed by atoms with Crippen LogP contribution in [-0.4, -0.2) is 25.3 Å². The van der Waals surface area contributed by atoms with Crippen LogP contribution in [0.5, 0.6) is 11.5 Å². The Labute approximate surface area is 142 Å². The van der Waals surface area contributed by atoms with Gasteiger partial charge in [-0.3, -0.25) is 4.79 Å². The van der Waals surface area contributed by atoms with Crippen LogP contribution < -0.4 is 14.9 Å². The minimum atomic E-state index is -0.264. The van der Waals surface area contributed by atoms with Gasteiger partial charge in [0.15, 0.2) is 0 Å². The monoisotopic (exact) mass is 326 g/mol. The van der Waals surface area contributed by atoms with E-state index in [0.717, 1.165) is 23.4 Å². The number of methoxy groups -OCH3 is 1. The number of carbonyl (C=O) groups is 1. The van der Waals surface area contributed by atoms with E-state index in [4.69, 9.17) is 9.47 Å². The van der Waals surface area contributed by atoms with Crippen molar-refractivity contribution in [2.75, 3.05) is 13.7 Å². The van der Waals surface area contributed by atoms with Gasteiger partial charge >= 0.3 is 0 Å². The van der Waals surface area contributed by atoms with Crippen LogP contribution >= 0.6 is 0 Å². The fraction of sp³-hybridized carbons (Fsp3) is 0.263. The van der Waals surface area contributed by atoms with Gasteiger partial charge in [0, 0.05) is 5.56 Å². The van der Waals surface area contributed by atoms with Crippen LogP contribution in [0, 0.1) is 0 Å². The summed E-state index contributed by atoms with van der Waals surface area (Å²) in [6.07, 6.45) is 0.972. The van der Waals surface area contributed by atoms with Crippen LogP contribution in [-0.2, 0) is 0 Å². The first-order valence-electron chi connectivity index (χ1n) is 7.86. The molecule has 5 heteroatoms. The summed E-state index contributed by atoms with van der Waals surface area (Å²) in [4.78, 5) is 12.1. The van der Waals surface area contributed by atoms with Crippen molar-refractivity contribution < 1.29 is 14.3 Å². The number of benzene rings is 2. The molecule has 2 rings (SSSR count). The molecule has 1 N–H and O–H groups in total. The summed E-state index contributed by atoms with van der Waals surface area (Å²) in [5.41, 5.74) is 4.73. The Morgan fingerprint density at radius 1 is 1.00 bits per heavy atom. The van der Waals surface area contributed by atoms with Gasteiger partial charge < -0.3 is 9.47 Å². The highest BCUT2D eigenvalue weighted by Crippen LogP contribution is 2.13. The van der Waals surface area contributed by atoms with Crippen molar-refractivity contribution in [2.24, 2.45) is 5.10 Å². The zero-order valence-corrected chi connectivity index (χ0v) is 14.2. The zero-order chi connectivity index (χ0) is 17.4. The second-order valence-corrected chi connectivity index (χ2v) is 5.24. The number of carbonyl (C=O) groups excluding carboxylic acids is 1. The maximum absolute atomic E-state index is 12.1. The molecular formula is C19H22N2O3. The summed E-state index contributed by atoms with van der Waals surface area (Å²) in [6, 6.07) is 14.5. The van der Waals surface area contributed by atoms with Crippen molar-refractivity contribution in [3.63, 3.8) is 0 Å². The van der Waals surface area contributed by atoms with Gasteiger partial charge in [0.1, 0.15) is 11.5 Å². The molecule has 0 atom stereocenters. The minimum absolute atomic E-state index is 0.264. The van der Waals surface area contributed by atoms with Crippen LogP contribution in [0.15, 0.2) is 53.6 Å². The van der Waals surface area contributed by atoms with Crippen LogP contribution in [0.4, 0.5) is 0 Å². The summed E-state index contributed by atoms with van der Waals surface area (Å²) in [6.45, 7) is 4.61. The maximum Gasteiger partial charge on any atom is 0.271 e. The molecule has 0 aromatic heterocycles. The molecule has 0 heterocycles. The standard InChI is InChI=1S/C19H22N2O3/c1-4-13-24-18-11-5-15(6-12-18)14(2)20-21-19(22)16-7-9-17(23-3)10-8-16/h5-12H,4,13H2,1-3H3,(H,21,22)/b20-14-. The number of ether oxygens (including phenoxy) is 2. The molecule has 0 aliphatic heterocycles. The third-order valence-electron chi connectivity index (χ3n) is 3.42. The molecule has 1 amide bonds. The fourth-order valence-electron chi connectivity index (χ4n) is 2.02. The topological polar surface area (TPSA) is 59.9 Å². The van der Waals surface area contributed by atoms with Crippen molar-refractivity contribution in [3.05, 3.63) is 59.7 Å². The lowest BCUT2D eigenvalue weighted by atomic mass is 10.1. The number of hydrogen-bond donors (Lipinski definition) is 1. The van der Waals surface area contributed by atoms with Gasteiger partial charge in [0.2, 0.25) is 0 Å². The molecule has 5 nitrogen and oxygen atoms in total. The van der Waals surface area contributed by atoms with Crippen LogP contribution in [0.3, 0.4) is 0 Å². The predicted molar refractivity (Wildman–Crippen MR) is 94.9 cm³/mol. The van der Waals surface area contributed by atoms with Gasteiger partial charge in [0.05, 0.1) is 19.4 Å². The number of amides is 1. The smallest absolute Gasteiger partial charge is 0.271 e. The highest BCUT2D eigenvalue weighted by atomic mass is 16.5. The van der Waals surface area contributed by atoms with Crippen LogP contribution in [0.2, 0.25) is 0 Å². The number of hydrogen-bond acceptors (Lipinski definition) is 4. The first-order valence-corrected chi connectivity index (χ1v) is 7.86. The minimum Gasteiger partial charge on any atom is -0.497 e. The van der Waals surface area contributed by atoms with E-state index in [1.165, 1.54) is 0 Å². The van der Waals surface area contributed by atoms with E-state index in [1.54, 1.807) is 31.4 Å². The van der Waals surface area contributed by atoms with E-state index in [1.807, 2.05) is 31.2 Å². The first kappa shape index (κ1) is 17.5. The maximum atomic E-state index is 12.1. The molecule has 0 fully saturated rings. The Morgan fingerprint density at radius 3 is 2.17 bits per heavy atom. The van der Waals surface area contributed by atoms with Gasteiger partial charge in [-0.05, 0) is 67.4 Å². The Bertz CT molecular complexity index is 692. The van der Waals surface area contributed by atoms with E-state index in [0.29, 0.717) is 17.9 Å². The molecule has 0 unspecified atom stereocenters. The van der Waals surface area contributed by atoms with Gasteiger partial charge in [-0.1, -0.05) is 6.92 Å². The second kappa shape index (κ2) is 8.72. The van der Waals surface area contributed by atoms with Crippen LogP contribution in [0.1, 0.15) is 36.2 Å². The van der Waals surface area contributed by atoms with Crippen LogP contribution in [0.25, 0.3) is 0 Å². The molecule has 0 saturated heterocycles. The molecule has 24 heavy (non-hydrogen) atoms. The lowest BCUT2D eigenvalue weighted by Gasteiger charge is -2.06. The molecule has 126 valence electrons. The third kappa shape index (κ3) is 4.84. The molecule has 2 aromatic carbocycles. The molecule has 0 bridgehead atoms.